The van der Waals surface area contributed by atoms with Crippen molar-refractivity contribution in [3.05, 3.63) is 18.2 Å². The molecule has 4 amide bonds. The molecule has 31 heavy (non-hydrogen) atoms. The zero-order valence-electron chi connectivity index (χ0n) is 17.4. The summed E-state index contributed by atoms with van der Waals surface area (Å²) in [6, 6.07) is -3.71. The number of nitrogens with zero attached hydrogens (tertiary/aromatic N) is 1. The summed E-state index contributed by atoms with van der Waals surface area (Å²) < 4.78 is 0. The smallest absolute Gasteiger partial charge is 0.326 e. The number of nitrogens with one attached hydrogen (secondary N) is 4. The molecule has 172 valence electrons. The molecular formula is C18H29N7O6. The summed E-state index contributed by atoms with van der Waals surface area (Å²) in [7, 11) is 0. The normalized spacial score (nSPS) is 14.5. The summed E-state index contributed by atoms with van der Waals surface area (Å²) in [6.07, 6.45) is 2.76. The third kappa shape index (κ3) is 8.42. The van der Waals surface area contributed by atoms with Gasteiger partial charge in [0.25, 0.3) is 0 Å². The van der Waals surface area contributed by atoms with Gasteiger partial charge in [0.05, 0.1) is 19.3 Å². The largest absolute Gasteiger partial charge is 0.480 e. The van der Waals surface area contributed by atoms with E-state index >= 15 is 0 Å². The van der Waals surface area contributed by atoms with Crippen molar-refractivity contribution >= 4 is 29.6 Å². The van der Waals surface area contributed by atoms with Crippen molar-refractivity contribution in [2.24, 2.45) is 17.4 Å². The van der Waals surface area contributed by atoms with Crippen molar-refractivity contribution in [1.29, 1.82) is 0 Å². The van der Waals surface area contributed by atoms with Crippen LogP contribution in [0.2, 0.25) is 0 Å². The highest BCUT2D eigenvalue weighted by molar-refractivity contribution is 5.95. The number of rotatable bonds is 13. The van der Waals surface area contributed by atoms with Crippen molar-refractivity contribution in [2.45, 2.75) is 51.2 Å². The number of imidazole rings is 1. The number of hydrogen-bond acceptors (Lipinski definition) is 7. The van der Waals surface area contributed by atoms with Crippen molar-refractivity contribution < 1.29 is 29.1 Å². The van der Waals surface area contributed by atoms with Crippen LogP contribution < -0.4 is 27.4 Å². The maximum atomic E-state index is 12.8. The van der Waals surface area contributed by atoms with Gasteiger partial charge in [0.2, 0.25) is 23.6 Å². The number of carbonyl (C=O) groups is 5. The fourth-order valence-corrected chi connectivity index (χ4v) is 2.70. The molecule has 0 aromatic carbocycles. The molecule has 9 N–H and O–H groups in total. The summed E-state index contributed by atoms with van der Waals surface area (Å²) in [6.45, 7) is 3.07. The van der Waals surface area contributed by atoms with Crippen molar-refractivity contribution in [1.82, 2.24) is 25.9 Å². The molecule has 4 unspecified atom stereocenters. The second-order valence-electron chi connectivity index (χ2n) is 7.05. The fraction of sp³-hybridized carbons (Fsp3) is 0.556. The van der Waals surface area contributed by atoms with Gasteiger partial charge in [-0.25, -0.2) is 9.78 Å². The summed E-state index contributed by atoms with van der Waals surface area (Å²) >= 11 is 0. The van der Waals surface area contributed by atoms with E-state index < -0.39 is 60.7 Å². The average Bonchev–Trinajstić information content (AvgIpc) is 3.22. The van der Waals surface area contributed by atoms with Crippen LogP contribution in [0.4, 0.5) is 0 Å². The van der Waals surface area contributed by atoms with Gasteiger partial charge >= 0.3 is 5.97 Å². The van der Waals surface area contributed by atoms with E-state index in [0.717, 1.165) is 0 Å². The van der Waals surface area contributed by atoms with E-state index in [-0.39, 0.29) is 12.3 Å². The maximum absolute atomic E-state index is 12.8. The Hall–Kier alpha value is -3.48. The molecule has 0 saturated heterocycles. The molecular weight excluding hydrogens is 410 g/mol. The molecule has 0 aliphatic heterocycles. The first kappa shape index (κ1) is 25.6. The molecule has 1 rings (SSSR count). The standard InChI is InChI=1S/C18H29N7O6/c1-3-9(2)15(25-16(28)11(5-13(20)26)23-14(27)6-19)17(29)24-12(18(30)31)4-10-7-21-8-22-10/h7-9,11-12,15H,3-6,19H2,1-2H3,(H2,20,26)(H,21,22)(H,23,27)(H,24,29)(H,25,28)(H,30,31). The number of carbonyl (C=O) groups excluding carboxylic acids is 4. The molecule has 0 aliphatic rings. The van der Waals surface area contributed by atoms with Crippen LogP contribution in [0.25, 0.3) is 0 Å². The molecule has 1 aromatic rings. The molecule has 0 spiro atoms. The second-order valence-corrected chi connectivity index (χ2v) is 7.05. The van der Waals surface area contributed by atoms with Crippen LogP contribution in [-0.2, 0) is 30.4 Å². The molecule has 0 fully saturated rings. The number of amides is 4. The third-order valence-corrected chi connectivity index (χ3v) is 4.63. The van der Waals surface area contributed by atoms with E-state index in [4.69, 9.17) is 11.5 Å². The van der Waals surface area contributed by atoms with Crippen LogP contribution in [0.3, 0.4) is 0 Å². The number of carboxylic acids is 1. The number of aromatic nitrogens is 2. The van der Waals surface area contributed by atoms with Crippen LogP contribution in [0, 0.1) is 5.92 Å². The Labute approximate surface area is 178 Å². The molecule has 0 radical (unpaired) electrons. The van der Waals surface area contributed by atoms with Gasteiger partial charge in [-0.3, -0.25) is 19.2 Å². The first-order chi connectivity index (χ1) is 14.6. The lowest BCUT2D eigenvalue weighted by Crippen LogP contribution is -2.58. The molecule has 4 atom stereocenters. The SMILES string of the molecule is CCC(C)C(NC(=O)C(CC(N)=O)NC(=O)CN)C(=O)NC(Cc1cnc[nH]1)C(=O)O. The molecule has 0 saturated carbocycles. The monoisotopic (exact) mass is 439 g/mol. The Kier molecular flexibility index (Phi) is 10.1. The second kappa shape index (κ2) is 12.3. The quantitative estimate of drug-likeness (QED) is 0.172. The molecule has 1 heterocycles. The van der Waals surface area contributed by atoms with E-state index in [1.54, 1.807) is 13.8 Å². The highest BCUT2D eigenvalue weighted by atomic mass is 16.4. The molecule has 13 nitrogen and oxygen atoms in total. The minimum atomic E-state index is -1.33. The lowest BCUT2D eigenvalue weighted by atomic mass is 9.97. The molecule has 0 aliphatic carbocycles. The number of primary amides is 1. The first-order valence-electron chi connectivity index (χ1n) is 9.67. The summed E-state index contributed by atoms with van der Waals surface area (Å²) in [4.78, 5) is 66.5. The lowest BCUT2D eigenvalue weighted by Gasteiger charge is -2.27. The first-order valence-corrected chi connectivity index (χ1v) is 9.67. The maximum Gasteiger partial charge on any atom is 0.326 e. The number of aliphatic carboxylic acids is 1. The van der Waals surface area contributed by atoms with E-state index in [9.17, 15) is 29.1 Å². The summed E-state index contributed by atoms with van der Waals surface area (Å²) in [5, 5.41) is 16.6. The predicted molar refractivity (Wildman–Crippen MR) is 108 cm³/mol. The zero-order valence-corrected chi connectivity index (χ0v) is 17.4. The molecule has 0 bridgehead atoms. The Morgan fingerprint density at radius 3 is 2.29 bits per heavy atom. The Balaban J connectivity index is 2.97. The lowest BCUT2D eigenvalue weighted by molar-refractivity contribution is -0.142. The number of hydrogen-bond donors (Lipinski definition) is 7. The third-order valence-electron chi connectivity index (χ3n) is 4.63. The highest BCUT2D eigenvalue weighted by Crippen LogP contribution is 2.10. The van der Waals surface area contributed by atoms with Gasteiger partial charge in [0.1, 0.15) is 18.1 Å². The topological polar surface area (TPSA) is 222 Å². The van der Waals surface area contributed by atoms with Gasteiger partial charge in [-0.1, -0.05) is 20.3 Å². The number of carboxylic acid groups (broad SMARTS) is 1. The highest BCUT2D eigenvalue weighted by Gasteiger charge is 2.32. The summed E-state index contributed by atoms with van der Waals surface area (Å²) in [5.74, 6) is -4.72. The molecule has 1 aromatic heterocycles. The van der Waals surface area contributed by atoms with Crippen LogP contribution >= 0.6 is 0 Å². The van der Waals surface area contributed by atoms with Gasteiger partial charge in [0, 0.05) is 18.3 Å². The van der Waals surface area contributed by atoms with Gasteiger partial charge in [0.15, 0.2) is 0 Å². The van der Waals surface area contributed by atoms with Gasteiger partial charge < -0.3 is 37.5 Å². The van der Waals surface area contributed by atoms with Gasteiger partial charge in [-0.2, -0.15) is 0 Å². The number of nitrogens with two attached hydrogens (primary N) is 2. The average molecular weight is 439 g/mol. The Morgan fingerprint density at radius 2 is 1.81 bits per heavy atom. The Morgan fingerprint density at radius 1 is 1.13 bits per heavy atom. The van der Waals surface area contributed by atoms with Crippen LogP contribution in [0.1, 0.15) is 32.4 Å². The fourth-order valence-electron chi connectivity index (χ4n) is 2.70. The van der Waals surface area contributed by atoms with Crippen LogP contribution in [0.15, 0.2) is 12.5 Å². The minimum absolute atomic E-state index is 0.0426. The van der Waals surface area contributed by atoms with E-state index in [1.165, 1.54) is 12.5 Å². The molecule has 13 heteroatoms. The van der Waals surface area contributed by atoms with Crippen LogP contribution in [-0.4, -0.2) is 69.3 Å². The number of aromatic amines is 1. The predicted octanol–water partition coefficient (Wildman–Crippen LogP) is -2.63. The van der Waals surface area contributed by atoms with Crippen molar-refractivity contribution in [3.8, 4) is 0 Å². The number of H-pyrrole nitrogens is 1. The minimum Gasteiger partial charge on any atom is -0.480 e. The van der Waals surface area contributed by atoms with E-state index in [2.05, 4.69) is 25.9 Å². The zero-order chi connectivity index (χ0) is 23.6. The van der Waals surface area contributed by atoms with Crippen molar-refractivity contribution in [2.75, 3.05) is 6.54 Å². The van der Waals surface area contributed by atoms with Crippen molar-refractivity contribution in [3.63, 3.8) is 0 Å². The van der Waals surface area contributed by atoms with E-state index in [0.29, 0.717) is 12.1 Å². The van der Waals surface area contributed by atoms with Gasteiger partial charge in [-0.15, -0.1) is 0 Å². The van der Waals surface area contributed by atoms with Crippen LogP contribution in [0.5, 0.6) is 0 Å². The van der Waals surface area contributed by atoms with E-state index in [1.807, 2.05) is 0 Å². The Bertz CT molecular complexity index is 782. The van der Waals surface area contributed by atoms with Gasteiger partial charge in [-0.05, 0) is 5.92 Å². The summed E-state index contributed by atoms with van der Waals surface area (Å²) in [5.41, 5.74) is 10.9.